The standard InChI is InChI=1S/C9H16BrNOS/c1-7(4-6-13-2)11-5-3-8(10)9(11)12/h7-8H,3-6H2,1-2H3. The molecule has 2 unspecified atom stereocenters. The number of thioether (sulfide) groups is 1. The van der Waals surface area contributed by atoms with Crippen LogP contribution >= 0.6 is 27.7 Å². The van der Waals surface area contributed by atoms with Gasteiger partial charge in [0, 0.05) is 12.6 Å². The van der Waals surface area contributed by atoms with Gasteiger partial charge in [0.05, 0.1) is 4.83 Å². The van der Waals surface area contributed by atoms with Crippen LogP contribution in [0.3, 0.4) is 0 Å². The first kappa shape index (κ1) is 11.4. The van der Waals surface area contributed by atoms with Gasteiger partial charge in [0.2, 0.25) is 5.91 Å². The van der Waals surface area contributed by atoms with Gasteiger partial charge in [-0.1, -0.05) is 15.9 Å². The Morgan fingerprint density at radius 3 is 2.92 bits per heavy atom. The van der Waals surface area contributed by atoms with Crippen LogP contribution in [0.4, 0.5) is 0 Å². The van der Waals surface area contributed by atoms with E-state index < -0.39 is 0 Å². The van der Waals surface area contributed by atoms with E-state index in [0.717, 1.165) is 25.1 Å². The predicted octanol–water partition coefficient (Wildman–Crippen LogP) is 2.12. The number of halogens is 1. The van der Waals surface area contributed by atoms with Crippen LogP contribution < -0.4 is 0 Å². The summed E-state index contributed by atoms with van der Waals surface area (Å²) < 4.78 is 0. The first-order chi connectivity index (χ1) is 6.16. The maximum absolute atomic E-state index is 11.6. The highest BCUT2D eigenvalue weighted by Gasteiger charge is 2.31. The van der Waals surface area contributed by atoms with Crippen molar-refractivity contribution in [3.8, 4) is 0 Å². The molecule has 4 heteroatoms. The second-order valence-corrected chi connectivity index (χ2v) is 5.51. The van der Waals surface area contributed by atoms with Crippen LogP contribution in [-0.4, -0.2) is 40.2 Å². The second kappa shape index (κ2) is 5.25. The molecule has 1 heterocycles. The lowest BCUT2D eigenvalue weighted by Gasteiger charge is -2.24. The number of amides is 1. The summed E-state index contributed by atoms with van der Waals surface area (Å²) in [6.07, 6.45) is 4.17. The third kappa shape index (κ3) is 2.88. The molecule has 0 aliphatic carbocycles. The zero-order chi connectivity index (χ0) is 9.84. The van der Waals surface area contributed by atoms with Crippen molar-refractivity contribution in [2.75, 3.05) is 18.6 Å². The molecule has 1 saturated heterocycles. The van der Waals surface area contributed by atoms with Crippen LogP contribution in [0.1, 0.15) is 19.8 Å². The SMILES string of the molecule is CSCCC(C)N1CCC(Br)C1=O. The number of likely N-dealkylation sites (tertiary alicyclic amines) is 1. The maximum atomic E-state index is 11.6. The van der Waals surface area contributed by atoms with E-state index in [1.165, 1.54) is 0 Å². The summed E-state index contributed by atoms with van der Waals surface area (Å²) in [6.45, 7) is 3.06. The lowest BCUT2D eigenvalue weighted by Crippen LogP contribution is -2.36. The summed E-state index contributed by atoms with van der Waals surface area (Å²) >= 11 is 5.23. The van der Waals surface area contributed by atoms with Crippen LogP contribution in [-0.2, 0) is 4.79 Å². The minimum Gasteiger partial charge on any atom is -0.339 e. The Hall–Kier alpha value is 0.300. The van der Waals surface area contributed by atoms with Gasteiger partial charge in [0.25, 0.3) is 0 Å². The number of carbonyl (C=O) groups is 1. The van der Waals surface area contributed by atoms with Gasteiger partial charge in [-0.3, -0.25) is 4.79 Å². The van der Waals surface area contributed by atoms with Crippen molar-refractivity contribution in [3.05, 3.63) is 0 Å². The molecule has 0 radical (unpaired) electrons. The molecule has 1 aliphatic heterocycles. The third-order valence-electron chi connectivity index (χ3n) is 2.45. The van der Waals surface area contributed by atoms with E-state index in [9.17, 15) is 4.79 Å². The topological polar surface area (TPSA) is 20.3 Å². The van der Waals surface area contributed by atoms with Crippen LogP contribution in [0.5, 0.6) is 0 Å². The number of nitrogens with zero attached hydrogens (tertiary/aromatic N) is 1. The van der Waals surface area contributed by atoms with E-state index in [0.29, 0.717) is 6.04 Å². The summed E-state index contributed by atoms with van der Waals surface area (Å²) in [7, 11) is 0. The molecule has 0 aromatic rings. The number of hydrogen-bond donors (Lipinski definition) is 0. The Balaban J connectivity index is 2.39. The van der Waals surface area contributed by atoms with E-state index in [2.05, 4.69) is 29.1 Å². The monoisotopic (exact) mass is 265 g/mol. The van der Waals surface area contributed by atoms with Gasteiger partial charge in [-0.2, -0.15) is 11.8 Å². The lowest BCUT2D eigenvalue weighted by atomic mass is 10.2. The summed E-state index contributed by atoms with van der Waals surface area (Å²) in [5.74, 6) is 1.41. The maximum Gasteiger partial charge on any atom is 0.236 e. The highest BCUT2D eigenvalue weighted by atomic mass is 79.9. The van der Waals surface area contributed by atoms with Crippen LogP contribution in [0.25, 0.3) is 0 Å². The molecular weight excluding hydrogens is 250 g/mol. The van der Waals surface area contributed by atoms with E-state index in [-0.39, 0.29) is 10.7 Å². The van der Waals surface area contributed by atoms with Crippen molar-refractivity contribution in [1.82, 2.24) is 4.90 Å². The lowest BCUT2D eigenvalue weighted by molar-refractivity contribution is -0.128. The molecule has 1 fully saturated rings. The van der Waals surface area contributed by atoms with Gasteiger partial charge in [-0.15, -0.1) is 0 Å². The van der Waals surface area contributed by atoms with E-state index in [4.69, 9.17) is 0 Å². The molecule has 0 N–H and O–H groups in total. The van der Waals surface area contributed by atoms with Gasteiger partial charge in [-0.05, 0) is 31.8 Å². The van der Waals surface area contributed by atoms with E-state index in [1.807, 2.05) is 16.7 Å². The van der Waals surface area contributed by atoms with Crippen LogP contribution in [0, 0.1) is 0 Å². The molecule has 1 aliphatic rings. The molecule has 13 heavy (non-hydrogen) atoms. The highest BCUT2D eigenvalue weighted by molar-refractivity contribution is 9.10. The van der Waals surface area contributed by atoms with Crippen molar-refractivity contribution < 1.29 is 4.79 Å². The quantitative estimate of drug-likeness (QED) is 0.726. The number of carbonyl (C=O) groups excluding carboxylic acids is 1. The first-order valence-corrected chi connectivity index (χ1v) is 6.91. The van der Waals surface area contributed by atoms with Crippen molar-refractivity contribution in [2.45, 2.75) is 30.6 Å². The Kier molecular flexibility index (Phi) is 4.59. The molecule has 0 aromatic carbocycles. The summed E-state index contributed by atoms with van der Waals surface area (Å²) in [5.41, 5.74) is 0. The van der Waals surface area contributed by atoms with E-state index >= 15 is 0 Å². The predicted molar refractivity (Wildman–Crippen MR) is 61.5 cm³/mol. The van der Waals surface area contributed by atoms with Crippen LogP contribution in [0.2, 0.25) is 0 Å². The Morgan fingerprint density at radius 2 is 2.46 bits per heavy atom. The summed E-state index contributed by atoms with van der Waals surface area (Å²) in [5, 5.41) is 0. The minimum atomic E-state index is 0.0734. The molecule has 0 aromatic heterocycles. The third-order valence-corrected chi connectivity index (χ3v) is 3.94. The molecule has 1 amide bonds. The van der Waals surface area contributed by atoms with Gasteiger partial charge in [0.15, 0.2) is 0 Å². The molecule has 0 spiro atoms. The Morgan fingerprint density at radius 1 is 1.77 bits per heavy atom. The van der Waals surface area contributed by atoms with Crippen LogP contribution in [0.15, 0.2) is 0 Å². The average molecular weight is 266 g/mol. The van der Waals surface area contributed by atoms with Crippen molar-refractivity contribution in [2.24, 2.45) is 0 Å². The average Bonchev–Trinajstić information content (AvgIpc) is 2.44. The van der Waals surface area contributed by atoms with Gasteiger partial charge >= 0.3 is 0 Å². The van der Waals surface area contributed by atoms with Gasteiger partial charge in [0.1, 0.15) is 0 Å². The zero-order valence-corrected chi connectivity index (χ0v) is 10.5. The smallest absolute Gasteiger partial charge is 0.236 e. The highest BCUT2D eigenvalue weighted by Crippen LogP contribution is 2.22. The van der Waals surface area contributed by atoms with E-state index in [1.54, 1.807) is 0 Å². The largest absolute Gasteiger partial charge is 0.339 e. The number of alkyl halides is 1. The molecule has 0 bridgehead atoms. The molecule has 1 rings (SSSR count). The first-order valence-electron chi connectivity index (χ1n) is 4.60. The second-order valence-electron chi connectivity index (χ2n) is 3.42. The number of rotatable bonds is 4. The minimum absolute atomic E-state index is 0.0734. The fraction of sp³-hybridized carbons (Fsp3) is 0.889. The van der Waals surface area contributed by atoms with Gasteiger partial charge in [-0.25, -0.2) is 0 Å². The fourth-order valence-corrected chi connectivity index (χ4v) is 2.59. The summed E-state index contributed by atoms with van der Waals surface area (Å²) in [4.78, 5) is 13.7. The van der Waals surface area contributed by atoms with Crippen molar-refractivity contribution in [3.63, 3.8) is 0 Å². The normalized spacial score (nSPS) is 25.3. The van der Waals surface area contributed by atoms with Gasteiger partial charge < -0.3 is 4.90 Å². The fourth-order valence-electron chi connectivity index (χ4n) is 1.55. The van der Waals surface area contributed by atoms with Crippen molar-refractivity contribution in [1.29, 1.82) is 0 Å². The molecular formula is C9H16BrNOS. The number of hydrogen-bond acceptors (Lipinski definition) is 2. The Bertz CT molecular complexity index is 188. The molecule has 2 nitrogen and oxygen atoms in total. The molecule has 2 atom stereocenters. The molecule has 76 valence electrons. The zero-order valence-electron chi connectivity index (χ0n) is 8.12. The molecule has 0 saturated carbocycles. The Labute approximate surface area is 92.6 Å². The van der Waals surface area contributed by atoms with Crippen molar-refractivity contribution >= 4 is 33.6 Å². The summed E-state index contributed by atoms with van der Waals surface area (Å²) in [6, 6.07) is 0.405.